The number of para-hydroxylation sites is 2. The highest BCUT2D eigenvalue weighted by Crippen LogP contribution is 2.36. The van der Waals surface area contributed by atoms with Crippen LogP contribution in [0.4, 0.5) is 5.82 Å². The third kappa shape index (κ3) is 3.33. The first-order chi connectivity index (χ1) is 14.3. The van der Waals surface area contributed by atoms with Crippen LogP contribution in [0.15, 0.2) is 52.3 Å². The van der Waals surface area contributed by atoms with Crippen LogP contribution in [0.5, 0.6) is 0 Å². The molecule has 0 amide bonds. The molecule has 2 heterocycles. The first kappa shape index (κ1) is 20.3. The average Bonchev–Trinajstić information content (AvgIpc) is 2.99. The number of unbranched alkanes of at least 4 members (excludes halogenated alkanes) is 2. The highest BCUT2D eigenvalue weighted by atomic mass is 32.2. The zero-order valence-electron chi connectivity index (χ0n) is 17.5. The van der Waals surface area contributed by atoms with E-state index in [0.29, 0.717) is 23.2 Å². The third-order valence-electron chi connectivity index (χ3n) is 5.59. The van der Waals surface area contributed by atoms with Crippen LogP contribution in [0.1, 0.15) is 37.3 Å². The fraction of sp³-hybridized carbons (Fsp3) is 0.304. The van der Waals surface area contributed by atoms with Gasteiger partial charge in [-0.05, 0) is 55.7 Å². The number of anilines is 1. The molecule has 0 saturated carbocycles. The lowest BCUT2D eigenvalue weighted by Crippen LogP contribution is -2.08. The maximum atomic E-state index is 13.7. The number of nitrogens with two attached hydrogens (primary N) is 1. The fourth-order valence-corrected chi connectivity index (χ4v) is 5.29. The van der Waals surface area contributed by atoms with E-state index in [4.69, 9.17) is 10.7 Å². The molecule has 7 heteroatoms. The molecule has 156 valence electrons. The molecule has 0 spiro atoms. The molecule has 4 rings (SSSR count). The molecule has 0 bridgehead atoms. The molecular formula is C23H26N4O2S. The zero-order valence-corrected chi connectivity index (χ0v) is 18.3. The SMILES string of the molecule is CCCCCn1c(N)c(S(=O)(=O)c2ccc(C)c(C)c2)c2nc3ccccc3nc21. The quantitative estimate of drug-likeness (QED) is 0.450. The molecule has 0 saturated heterocycles. The van der Waals surface area contributed by atoms with Crippen LogP contribution >= 0.6 is 0 Å². The molecule has 4 aromatic rings. The molecule has 0 fully saturated rings. The van der Waals surface area contributed by atoms with Crippen molar-refractivity contribution in [2.45, 2.75) is 56.4 Å². The number of sulfone groups is 1. The van der Waals surface area contributed by atoms with Gasteiger partial charge in [0.15, 0.2) is 5.65 Å². The highest BCUT2D eigenvalue weighted by Gasteiger charge is 2.30. The summed E-state index contributed by atoms with van der Waals surface area (Å²) in [6.07, 6.45) is 2.98. The minimum absolute atomic E-state index is 0.0514. The van der Waals surface area contributed by atoms with Crippen LogP contribution in [-0.2, 0) is 16.4 Å². The van der Waals surface area contributed by atoms with Crippen molar-refractivity contribution in [1.29, 1.82) is 0 Å². The summed E-state index contributed by atoms with van der Waals surface area (Å²) in [6, 6.07) is 12.6. The number of rotatable bonds is 6. The molecule has 0 aliphatic carbocycles. The maximum Gasteiger partial charge on any atom is 0.212 e. The number of nitrogens with zero attached hydrogens (tertiary/aromatic N) is 3. The lowest BCUT2D eigenvalue weighted by atomic mass is 10.1. The van der Waals surface area contributed by atoms with Crippen molar-refractivity contribution in [3.8, 4) is 0 Å². The second kappa shape index (κ2) is 7.72. The summed E-state index contributed by atoms with van der Waals surface area (Å²) in [5.74, 6) is 0.203. The van der Waals surface area contributed by atoms with E-state index in [0.717, 1.165) is 35.9 Å². The molecule has 2 N–H and O–H groups in total. The van der Waals surface area contributed by atoms with E-state index in [1.165, 1.54) is 0 Å². The lowest BCUT2D eigenvalue weighted by Gasteiger charge is -2.09. The number of aryl methyl sites for hydroxylation is 3. The van der Waals surface area contributed by atoms with Crippen LogP contribution in [0.3, 0.4) is 0 Å². The Hall–Kier alpha value is -2.93. The van der Waals surface area contributed by atoms with Gasteiger partial charge in [0.25, 0.3) is 0 Å². The van der Waals surface area contributed by atoms with Gasteiger partial charge in [0.05, 0.1) is 15.9 Å². The Balaban J connectivity index is 2.01. The number of hydrogen-bond acceptors (Lipinski definition) is 5. The maximum absolute atomic E-state index is 13.7. The second-order valence-electron chi connectivity index (χ2n) is 7.71. The van der Waals surface area contributed by atoms with Crippen LogP contribution in [0.25, 0.3) is 22.2 Å². The van der Waals surface area contributed by atoms with Gasteiger partial charge in [-0.25, -0.2) is 18.4 Å². The van der Waals surface area contributed by atoms with Crippen LogP contribution in [0, 0.1) is 13.8 Å². The summed E-state index contributed by atoms with van der Waals surface area (Å²) in [5.41, 5.74) is 10.6. The minimum atomic E-state index is -3.86. The summed E-state index contributed by atoms with van der Waals surface area (Å²) in [4.78, 5) is 9.68. The van der Waals surface area contributed by atoms with Crippen molar-refractivity contribution in [3.63, 3.8) is 0 Å². The van der Waals surface area contributed by atoms with E-state index < -0.39 is 9.84 Å². The first-order valence-electron chi connectivity index (χ1n) is 10.2. The van der Waals surface area contributed by atoms with Crippen molar-refractivity contribution in [3.05, 3.63) is 53.6 Å². The van der Waals surface area contributed by atoms with Gasteiger partial charge in [-0.3, -0.25) is 0 Å². The highest BCUT2D eigenvalue weighted by molar-refractivity contribution is 7.92. The molecule has 0 unspecified atom stereocenters. The van der Waals surface area contributed by atoms with Gasteiger partial charge >= 0.3 is 0 Å². The van der Waals surface area contributed by atoms with E-state index in [2.05, 4.69) is 11.9 Å². The van der Waals surface area contributed by atoms with E-state index >= 15 is 0 Å². The fourth-order valence-electron chi connectivity index (χ4n) is 3.70. The van der Waals surface area contributed by atoms with Crippen molar-refractivity contribution in [1.82, 2.24) is 14.5 Å². The van der Waals surface area contributed by atoms with Gasteiger partial charge in [0.2, 0.25) is 9.84 Å². The third-order valence-corrected chi connectivity index (χ3v) is 7.40. The van der Waals surface area contributed by atoms with Gasteiger partial charge in [-0.15, -0.1) is 0 Å². The number of aromatic nitrogens is 3. The summed E-state index contributed by atoms with van der Waals surface area (Å²) in [6.45, 7) is 6.59. The smallest absolute Gasteiger partial charge is 0.212 e. The van der Waals surface area contributed by atoms with Gasteiger partial charge in [0, 0.05) is 6.54 Å². The van der Waals surface area contributed by atoms with Crippen molar-refractivity contribution < 1.29 is 8.42 Å². The predicted molar refractivity (Wildman–Crippen MR) is 120 cm³/mol. The predicted octanol–water partition coefficient (Wildman–Crippen LogP) is 4.81. The summed E-state index contributed by atoms with van der Waals surface area (Å²) < 4.78 is 29.1. The first-order valence-corrected chi connectivity index (χ1v) is 11.7. The number of fused-ring (bicyclic) bond motifs is 2. The monoisotopic (exact) mass is 422 g/mol. The van der Waals surface area contributed by atoms with Crippen LogP contribution in [0.2, 0.25) is 0 Å². The van der Waals surface area contributed by atoms with Crippen LogP contribution < -0.4 is 5.73 Å². The van der Waals surface area contributed by atoms with E-state index in [1.54, 1.807) is 16.7 Å². The van der Waals surface area contributed by atoms with E-state index in [1.807, 2.05) is 44.2 Å². The summed E-state index contributed by atoms with van der Waals surface area (Å²) in [5, 5.41) is 0. The zero-order chi connectivity index (χ0) is 21.5. The Bertz CT molecular complexity index is 1360. The summed E-state index contributed by atoms with van der Waals surface area (Å²) >= 11 is 0. The molecule has 0 radical (unpaired) electrons. The molecule has 30 heavy (non-hydrogen) atoms. The standard InChI is InChI=1S/C23H26N4O2S/c1-4-5-8-13-27-22(24)21(30(28,29)17-12-11-15(2)16(3)14-17)20-23(27)26-19-10-7-6-9-18(19)25-20/h6-7,9-12,14H,4-5,8,13,24H2,1-3H3. The van der Waals surface area contributed by atoms with E-state index in [-0.39, 0.29) is 15.6 Å². The minimum Gasteiger partial charge on any atom is -0.384 e. The molecule has 0 aliphatic heterocycles. The van der Waals surface area contributed by atoms with Gasteiger partial charge in [-0.1, -0.05) is 38.0 Å². The van der Waals surface area contributed by atoms with Crippen molar-refractivity contribution >= 4 is 37.9 Å². The van der Waals surface area contributed by atoms with Crippen molar-refractivity contribution in [2.75, 3.05) is 5.73 Å². The topological polar surface area (TPSA) is 90.9 Å². The van der Waals surface area contributed by atoms with Crippen LogP contribution in [-0.4, -0.2) is 23.0 Å². The number of hydrogen-bond donors (Lipinski definition) is 1. The molecule has 2 aromatic carbocycles. The Morgan fingerprint density at radius 2 is 1.67 bits per heavy atom. The average molecular weight is 423 g/mol. The largest absolute Gasteiger partial charge is 0.384 e. The molecule has 6 nitrogen and oxygen atoms in total. The Labute approximate surface area is 176 Å². The van der Waals surface area contributed by atoms with E-state index in [9.17, 15) is 8.42 Å². The molecular weight excluding hydrogens is 396 g/mol. The Kier molecular flexibility index (Phi) is 5.24. The Morgan fingerprint density at radius 3 is 2.33 bits per heavy atom. The molecule has 0 aliphatic rings. The normalized spacial score (nSPS) is 12.1. The summed E-state index contributed by atoms with van der Waals surface area (Å²) in [7, 11) is -3.86. The number of nitrogen functional groups attached to an aromatic ring is 1. The van der Waals surface area contributed by atoms with Crippen molar-refractivity contribution in [2.24, 2.45) is 0 Å². The molecule has 0 atom stereocenters. The van der Waals surface area contributed by atoms with Gasteiger partial charge in [-0.2, -0.15) is 0 Å². The Morgan fingerprint density at radius 1 is 0.967 bits per heavy atom. The van der Waals surface area contributed by atoms with Gasteiger partial charge in [0.1, 0.15) is 16.2 Å². The van der Waals surface area contributed by atoms with Gasteiger partial charge < -0.3 is 10.3 Å². The number of benzene rings is 2. The molecule has 2 aromatic heterocycles. The second-order valence-corrected chi connectivity index (χ2v) is 9.59. The lowest BCUT2D eigenvalue weighted by molar-refractivity contribution is 0.594.